The van der Waals surface area contributed by atoms with Crippen molar-refractivity contribution in [1.82, 2.24) is 14.9 Å². The third-order valence-corrected chi connectivity index (χ3v) is 7.03. The molecule has 4 heterocycles. The molecule has 5 rings (SSSR count). The van der Waals surface area contributed by atoms with E-state index in [1.807, 2.05) is 12.3 Å². The third-order valence-electron chi connectivity index (χ3n) is 6.72. The SMILES string of the molecule is Nc1c(Cl)cc(-c2ncc(C3CCN(C4CCOCC4)CC3)[nH]2)c2c1CCCO2. The number of hydrogen-bond donors (Lipinski definition) is 2. The third kappa shape index (κ3) is 3.74. The van der Waals surface area contributed by atoms with Crippen molar-refractivity contribution in [2.75, 3.05) is 38.6 Å². The van der Waals surface area contributed by atoms with Gasteiger partial charge in [0.05, 0.1) is 22.9 Å². The topological polar surface area (TPSA) is 76.4 Å². The van der Waals surface area contributed by atoms with E-state index in [-0.39, 0.29) is 0 Å². The summed E-state index contributed by atoms with van der Waals surface area (Å²) in [5, 5.41) is 0.576. The Hall–Kier alpha value is -1.76. The van der Waals surface area contributed by atoms with Gasteiger partial charge in [0.2, 0.25) is 0 Å². The maximum atomic E-state index is 6.41. The number of nitrogen functional groups attached to an aromatic ring is 1. The predicted octanol–water partition coefficient (Wildman–Crippen LogP) is 4.00. The predicted molar refractivity (Wildman–Crippen MR) is 115 cm³/mol. The summed E-state index contributed by atoms with van der Waals surface area (Å²) in [5.74, 6) is 2.19. The Morgan fingerprint density at radius 1 is 1.14 bits per heavy atom. The largest absolute Gasteiger partial charge is 0.492 e. The number of aromatic amines is 1. The van der Waals surface area contributed by atoms with Gasteiger partial charge in [-0.15, -0.1) is 0 Å². The summed E-state index contributed by atoms with van der Waals surface area (Å²) in [6, 6.07) is 2.58. The van der Waals surface area contributed by atoms with Crippen molar-refractivity contribution in [1.29, 1.82) is 0 Å². The lowest BCUT2D eigenvalue weighted by Gasteiger charge is -2.39. The Kier molecular flexibility index (Phi) is 5.41. The van der Waals surface area contributed by atoms with Crippen LogP contribution in [0.4, 0.5) is 5.69 Å². The number of anilines is 1. The molecular weight excluding hydrogens is 388 g/mol. The number of imidazole rings is 1. The summed E-state index contributed by atoms with van der Waals surface area (Å²) in [6.07, 6.45) is 8.51. The van der Waals surface area contributed by atoms with Crippen LogP contribution in [0.2, 0.25) is 5.02 Å². The van der Waals surface area contributed by atoms with Crippen LogP contribution in [0.5, 0.6) is 5.75 Å². The molecule has 1 aromatic heterocycles. The molecule has 2 aromatic rings. The summed E-state index contributed by atoms with van der Waals surface area (Å²) in [6.45, 7) is 4.82. The molecule has 7 heteroatoms. The van der Waals surface area contributed by atoms with E-state index in [1.54, 1.807) is 0 Å². The molecule has 3 aliphatic rings. The van der Waals surface area contributed by atoms with Gasteiger partial charge < -0.3 is 25.1 Å². The maximum Gasteiger partial charge on any atom is 0.141 e. The molecule has 3 N–H and O–H groups in total. The molecule has 0 unspecified atom stereocenters. The Morgan fingerprint density at radius 2 is 1.93 bits per heavy atom. The van der Waals surface area contributed by atoms with E-state index in [2.05, 4.69) is 14.9 Å². The van der Waals surface area contributed by atoms with Crippen molar-refractivity contribution in [2.24, 2.45) is 0 Å². The van der Waals surface area contributed by atoms with Crippen LogP contribution in [0, 0.1) is 0 Å². The number of piperidine rings is 1. The lowest BCUT2D eigenvalue weighted by molar-refractivity contribution is 0.0250. The minimum Gasteiger partial charge on any atom is -0.492 e. The molecule has 3 aliphatic heterocycles. The second kappa shape index (κ2) is 8.17. The summed E-state index contributed by atoms with van der Waals surface area (Å²) < 4.78 is 11.5. The molecule has 0 bridgehead atoms. The average molecular weight is 417 g/mol. The summed E-state index contributed by atoms with van der Waals surface area (Å²) in [5.41, 5.74) is 9.98. The van der Waals surface area contributed by atoms with Crippen LogP contribution < -0.4 is 10.5 Å². The molecule has 156 valence electrons. The molecular formula is C22H29ClN4O2. The molecule has 1 aromatic carbocycles. The van der Waals surface area contributed by atoms with Crippen LogP contribution in [0.3, 0.4) is 0 Å². The number of H-pyrrole nitrogens is 1. The van der Waals surface area contributed by atoms with Gasteiger partial charge in [-0.25, -0.2) is 4.98 Å². The van der Waals surface area contributed by atoms with Gasteiger partial charge in [0.15, 0.2) is 0 Å². The quantitative estimate of drug-likeness (QED) is 0.739. The second-order valence-corrected chi connectivity index (χ2v) is 8.83. The second-order valence-electron chi connectivity index (χ2n) is 8.42. The van der Waals surface area contributed by atoms with Gasteiger partial charge in [-0.3, -0.25) is 0 Å². The zero-order valence-corrected chi connectivity index (χ0v) is 17.5. The van der Waals surface area contributed by atoms with Gasteiger partial charge in [-0.1, -0.05) is 11.6 Å². The fraction of sp³-hybridized carbons (Fsp3) is 0.591. The first-order valence-corrected chi connectivity index (χ1v) is 11.2. The average Bonchev–Trinajstić information content (AvgIpc) is 3.27. The van der Waals surface area contributed by atoms with E-state index in [9.17, 15) is 0 Å². The summed E-state index contributed by atoms with van der Waals surface area (Å²) in [7, 11) is 0. The van der Waals surface area contributed by atoms with Crippen LogP contribution >= 0.6 is 11.6 Å². The van der Waals surface area contributed by atoms with Crippen LogP contribution in [-0.2, 0) is 11.2 Å². The summed E-state index contributed by atoms with van der Waals surface area (Å²) >= 11 is 6.41. The van der Waals surface area contributed by atoms with Crippen LogP contribution in [0.1, 0.15) is 49.3 Å². The number of aromatic nitrogens is 2. The molecule has 0 atom stereocenters. The number of rotatable bonds is 3. The van der Waals surface area contributed by atoms with E-state index in [0.717, 1.165) is 74.7 Å². The zero-order valence-electron chi connectivity index (χ0n) is 16.8. The minimum atomic E-state index is 0.522. The molecule has 2 fully saturated rings. The van der Waals surface area contributed by atoms with E-state index in [0.29, 0.717) is 29.3 Å². The number of likely N-dealkylation sites (tertiary alicyclic amines) is 1. The molecule has 0 amide bonds. The highest BCUT2D eigenvalue weighted by molar-refractivity contribution is 6.33. The number of nitrogens with zero attached hydrogens (tertiary/aromatic N) is 2. The van der Waals surface area contributed by atoms with Crippen molar-refractivity contribution in [2.45, 2.75) is 50.5 Å². The number of halogens is 1. The monoisotopic (exact) mass is 416 g/mol. The fourth-order valence-electron chi connectivity index (χ4n) is 5.02. The number of benzene rings is 1. The van der Waals surface area contributed by atoms with Crippen molar-refractivity contribution in [3.8, 4) is 17.1 Å². The van der Waals surface area contributed by atoms with E-state index in [1.165, 1.54) is 18.5 Å². The first kappa shape index (κ1) is 19.2. The molecule has 0 radical (unpaired) electrons. The van der Waals surface area contributed by atoms with Crippen molar-refractivity contribution in [3.05, 3.63) is 28.5 Å². The first-order chi connectivity index (χ1) is 14.2. The van der Waals surface area contributed by atoms with Crippen LogP contribution in [-0.4, -0.2) is 53.8 Å². The number of ether oxygens (including phenoxy) is 2. The zero-order chi connectivity index (χ0) is 19.8. The standard InChI is InChI=1S/C22H29ClN4O2/c23-18-12-17(21-16(20(18)24)2-1-9-29-21)22-25-13-19(26-22)14-3-7-27(8-4-14)15-5-10-28-11-6-15/h12-15H,1-11,24H2,(H,25,26). The van der Waals surface area contributed by atoms with Gasteiger partial charge in [0.25, 0.3) is 0 Å². The number of hydrogen-bond acceptors (Lipinski definition) is 5. The highest BCUT2D eigenvalue weighted by Crippen LogP contribution is 2.42. The Labute approximate surface area is 176 Å². The molecule has 0 aliphatic carbocycles. The first-order valence-electron chi connectivity index (χ1n) is 10.8. The van der Waals surface area contributed by atoms with E-state index in [4.69, 9.17) is 26.8 Å². The van der Waals surface area contributed by atoms with Gasteiger partial charge >= 0.3 is 0 Å². The van der Waals surface area contributed by atoms with Crippen LogP contribution in [0.15, 0.2) is 12.3 Å². The highest BCUT2D eigenvalue weighted by atomic mass is 35.5. The fourth-order valence-corrected chi connectivity index (χ4v) is 5.24. The number of fused-ring (bicyclic) bond motifs is 1. The van der Waals surface area contributed by atoms with Crippen molar-refractivity contribution < 1.29 is 9.47 Å². The highest BCUT2D eigenvalue weighted by Gasteiger charge is 2.28. The Balaban J connectivity index is 1.32. The van der Waals surface area contributed by atoms with E-state index >= 15 is 0 Å². The lowest BCUT2D eigenvalue weighted by atomic mass is 9.92. The number of nitrogens with two attached hydrogens (primary N) is 1. The molecule has 0 saturated carbocycles. The van der Waals surface area contributed by atoms with Crippen LogP contribution in [0.25, 0.3) is 11.4 Å². The normalized spacial score (nSPS) is 21.7. The van der Waals surface area contributed by atoms with Gasteiger partial charge in [-0.2, -0.15) is 0 Å². The van der Waals surface area contributed by atoms with Gasteiger partial charge in [-0.05, 0) is 57.7 Å². The Bertz CT molecular complexity index is 870. The maximum absolute atomic E-state index is 6.41. The van der Waals surface area contributed by atoms with Crippen molar-refractivity contribution in [3.63, 3.8) is 0 Å². The molecule has 0 spiro atoms. The molecule has 2 saturated heterocycles. The Morgan fingerprint density at radius 3 is 2.72 bits per heavy atom. The van der Waals surface area contributed by atoms with E-state index < -0.39 is 0 Å². The molecule has 6 nitrogen and oxygen atoms in total. The van der Waals surface area contributed by atoms with Gasteiger partial charge in [0.1, 0.15) is 11.6 Å². The minimum absolute atomic E-state index is 0.522. The van der Waals surface area contributed by atoms with Crippen molar-refractivity contribution >= 4 is 17.3 Å². The number of nitrogens with one attached hydrogen (secondary N) is 1. The molecule has 29 heavy (non-hydrogen) atoms. The smallest absolute Gasteiger partial charge is 0.141 e. The lowest BCUT2D eigenvalue weighted by Crippen LogP contribution is -2.43. The summed E-state index contributed by atoms with van der Waals surface area (Å²) in [4.78, 5) is 10.9. The van der Waals surface area contributed by atoms with Gasteiger partial charge in [0, 0.05) is 42.6 Å².